The number of fused-ring (bicyclic) bond motifs is 1. The molecule has 3 N–H and O–H groups in total. The van der Waals surface area contributed by atoms with E-state index in [4.69, 9.17) is 4.74 Å². The summed E-state index contributed by atoms with van der Waals surface area (Å²) < 4.78 is 5.76. The minimum atomic E-state index is -0.690. The van der Waals surface area contributed by atoms with Gasteiger partial charge < -0.3 is 20.1 Å². The van der Waals surface area contributed by atoms with Crippen LogP contribution < -0.4 is 4.74 Å². The first-order valence-corrected chi connectivity index (χ1v) is 10.0. The molecule has 5 nitrogen and oxygen atoms in total. The number of hydrogen-bond acceptors (Lipinski definition) is 5. The first-order chi connectivity index (χ1) is 14.2. The Hall–Kier alpha value is -3.21. The molecule has 0 radical (unpaired) electrons. The van der Waals surface area contributed by atoms with Crippen LogP contribution in [0.4, 0.5) is 0 Å². The molecule has 0 amide bonds. The molecule has 2 aromatic carbocycles. The Bertz CT molecular complexity index is 1040. The molecule has 1 aliphatic heterocycles. The van der Waals surface area contributed by atoms with Crippen molar-refractivity contribution in [1.82, 2.24) is 0 Å². The Morgan fingerprint density at radius 1 is 1.00 bits per heavy atom. The zero-order valence-corrected chi connectivity index (χ0v) is 17.8. The standard InChI is InChI=1S/C25H28O5/c1-14(2)5-7-16-11-19-23(12-22(16)27)30-13-20(25(19)29)17-9-10-21(26)18(24(17)28)8-6-15(3)4/h5-6,9-12,20,26-28H,7-8,13H2,1-4H3. The third-order valence-corrected chi connectivity index (χ3v) is 5.28. The maximum Gasteiger partial charge on any atom is 0.177 e. The number of carbonyl (C=O) groups is 1. The summed E-state index contributed by atoms with van der Waals surface area (Å²) in [5, 5.41) is 31.3. The van der Waals surface area contributed by atoms with E-state index in [9.17, 15) is 20.1 Å². The van der Waals surface area contributed by atoms with Crippen molar-refractivity contribution in [3.63, 3.8) is 0 Å². The Morgan fingerprint density at radius 2 is 1.67 bits per heavy atom. The zero-order valence-electron chi connectivity index (χ0n) is 17.8. The summed E-state index contributed by atoms with van der Waals surface area (Å²) in [6.45, 7) is 7.88. The normalized spacial score (nSPS) is 15.2. The first-order valence-electron chi connectivity index (χ1n) is 10.0. The van der Waals surface area contributed by atoms with Crippen molar-refractivity contribution in [3.05, 3.63) is 69.8 Å². The number of phenolic OH excluding ortho intramolecular Hbond substituents is 3. The SMILES string of the molecule is CC(C)=CCc1cc2c(cc1O)OCC(c1ccc(O)c(CC=C(C)C)c1O)C2=O. The maximum atomic E-state index is 13.3. The summed E-state index contributed by atoms with van der Waals surface area (Å²) in [6.07, 6.45) is 4.77. The number of hydrogen-bond donors (Lipinski definition) is 3. The smallest absolute Gasteiger partial charge is 0.177 e. The molecule has 0 saturated heterocycles. The predicted molar refractivity (Wildman–Crippen MR) is 117 cm³/mol. The molecule has 158 valence electrons. The largest absolute Gasteiger partial charge is 0.508 e. The first kappa shape index (κ1) is 21.5. The number of benzene rings is 2. The molecule has 1 atom stereocenters. The quantitative estimate of drug-likeness (QED) is 0.594. The fraction of sp³-hybridized carbons (Fsp3) is 0.320. The van der Waals surface area contributed by atoms with E-state index in [2.05, 4.69) is 0 Å². The van der Waals surface area contributed by atoms with Gasteiger partial charge in [0.25, 0.3) is 0 Å². The molecular weight excluding hydrogens is 380 g/mol. The van der Waals surface area contributed by atoms with E-state index in [0.29, 0.717) is 40.8 Å². The van der Waals surface area contributed by atoms with Gasteiger partial charge in [0, 0.05) is 17.2 Å². The molecule has 3 rings (SSSR count). The van der Waals surface area contributed by atoms with Gasteiger partial charge in [0.1, 0.15) is 29.6 Å². The van der Waals surface area contributed by atoms with E-state index in [-0.39, 0.29) is 29.6 Å². The fourth-order valence-electron chi connectivity index (χ4n) is 3.50. The van der Waals surface area contributed by atoms with E-state index in [1.54, 1.807) is 12.1 Å². The van der Waals surface area contributed by atoms with E-state index in [1.807, 2.05) is 39.8 Å². The van der Waals surface area contributed by atoms with Crippen LogP contribution in [0.3, 0.4) is 0 Å². The van der Waals surface area contributed by atoms with Crippen molar-refractivity contribution in [2.45, 2.75) is 46.5 Å². The van der Waals surface area contributed by atoms with Crippen LogP contribution in [0, 0.1) is 0 Å². The number of rotatable bonds is 5. The van der Waals surface area contributed by atoms with Crippen LogP contribution in [0.2, 0.25) is 0 Å². The second kappa shape index (κ2) is 8.66. The number of aromatic hydroxyl groups is 3. The van der Waals surface area contributed by atoms with E-state index >= 15 is 0 Å². The van der Waals surface area contributed by atoms with E-state index in [0.717, 1.165) is 11.1 Å². The second-order valence-corrected chi connectivity index (χ2v) is 8.18. The lowest BCUT2D eigenvalue weighted by Crippen LogP contribution is -2.26. The van der Waals surface area contributed by atoms with Crippen LogP contribution in [0.15, 0.2) is 47.6 Å². The highest BCUT2D eigenvalue weighted by atomic mass is 16.5. The summed E-state index contributed by atoms with van der Waals surface area (Å²) in [7, 11) is 0. The molecule has 0 aromatic heterocycles. The lowest BCUT2D eigenvalue weighted by atomic mass is 9.86. The minimum absolute atomic E-state index is 0.00717. The summed E-state index contributed by atoms with van der Waals surface area (Å²) in [5.74, 6) is -0.520. The summed E-state index contributed by atoms with van der Waals surface area (Å²) in [5.41, 5.74) is 4.03. The fourth-order valence-corrected chi connectivity index (χ4v) is 3.50. The van der Waals surface area contributed by atoms with Gasteiger partial charge in [0.05, 0.1) is 11.5 Å². The summed E-state index contributed by atoms with van der Waals surface area (Å²) in [6, 6.07) is 6.22. The number of ketones is 1. The van der Waals surface area contributed by atoms with Gasteiger partial charge in [-0.05, 0) is 58.2 Å². The van der Waals surface area contributed by atoms with Crippen LogP contribution in [0.1, 0.15) is 60.7 Å². The number of allylic oxidation sites excluding steroid dienone is 4. The molecule has 5 heteroatoms. The average molecular weight is 408 g/mol. The van der Waals surface area contributed by atoms with Crippen molar-refractivity contribution in [1.29, 1.82) is 0 Å². The molecule has 2 aromatic rings. The van der Waals surface area contributed by atoms with Crippen LogP contribution in [-0.2, 0) is 12.8 Å². The van der Waals surface area contributed by atoms with E-state index < -0.39 is 5.92 Å². The predicted octanol–water partition coefficient (Wildman–Crippen LogP) is 5.18. The molecule has 1 aliphatic rings. The lowest BCUT2D eigenvalue weighted by molar-refractivity contribution is 0.0893. The van der Waals surface area contributed by atoms with Gasteiger partial charge in [-0.2, -0.15) is 0 Å². The maximum absolute atomic E-state index is 13.3. The molecular formula is C25H28O5. The van der Waals surface area contributed by atoms with Crippen molar-refractivity contribution < 1.29 is 24.9 Å². The van der Waals surface area contributed by atoms with Crippen molar-refractivity contribution >= 4 is 5.78 Å². The van der Waals surface area contributed by atoms with Crippen LogP contribution >= 0.6 is 0 Å². The van der Waals surface area contributed by atoms with Crippen LogP contribution in [-0.4, -0.2) is 27.7 Å². The Balaban J connectivity index is 1.99. The number of phenols is 3. The van der Waals surface area contributed by atoms with Crippen LogP contribution in [0.25, 0.3) is 0 Å². The van der Waals surface area contributed by atoms with Gasteiger partial charge in [-0.3, -0.25) is 4.79 Å². The summed E-state index contributed by atoms with van der Waals surface area (Å²) >= 11 is 0. The molecule has 0 bridgehead atoms. The molecule has 1 unspecified atom stereocenters. The van der Waals surface area contributed by atoms with E-state index in [1.165, 1.54) is 12.1 Å². The molecule has 1 heterocycles. The molecule has 0 saturated carbocycles. The number of ether oxygens (including phenoxy) is 1. The monoisotopic (exact) mass is 408 g/mol. The highest BCUT2D eigenvalue weighted by molar-refractivity contribution is 6.05. The molecule has 0 spiro atoms. The van der Waals surface area contributed by atoms with Gasteiger partial charge in [-0.15, -0.1) is 0 Å². The van der Waals surface area contributed by atoms with Crippen molar-refractivity contribution in [2.24, 2.45) is 0 Å². The van der Waals surface area contributed by atoms with Crippen molar-refractivity contribution in [2.75, 3.05) is 6.61 Å². The molecule has 30 heavy (non-hydrogen) atoms. The van der Waals surface area contributed by atoms with Crippen molar-refractivity contribution in [3.8, 4) is 23.0 Å². The molecule has 0 aliphatic carbocycles. The third-order valence-electron chi connectivity index (χ3n) is 5.28. The Labute approximate surface area is 177 Å². The highest BCUT2D eigenvalue weighted by Crippen LogP contribution is 2.41. The van der Waals surface area contributed by atoms with Gasteiger partial charge in [-0.25, -0.2) is 0 Å². The van der Waals surface area contributed by atoms with Gasteiger partial charge in [-0.1, -0.05) is 29.4 Å². The van der Waals surface area contributed by atoms with Gasteiger partial charge in [0.15, 0.2) is 5.78 Å². The van der Waals surface area contributed by atoms with Gasteiger partial charge in [0.2, 0.25) is 0 Å². The average Bonchev–Trinajstić information content (AvgIpc) is 2.67. The van der Waals surface area contributed by atoms with Crippen LogP contribution in [0.5, 0.6) is 23.0 Å². The summed E-state index contributed by atoms with van der Waals surface area (Å²) in [4.78, 5) is 13.3. The minimum Gasteiger partial charge on any atom is -0.508 e. The molecule has 0 fully saturated rings. The lowest BCUT2D eigenvalue weighted by Gasteiger charge is -2.26. The third kappa shape index (κ3) is 4.35. The second-order valence-electron chi connectivity index (χ2n) is 8.18. The Kier molecular flexibility index (Phi) is 6.20. The number of carbonyl (C=O) groups excluding carboxylic acids is 1. The highest BCUT2D eigenvalue weighted by Gasteiger charge is 2.33. The zero-order chi connectivity index (χ0) is 22.0. The number of Topliss-reactive ketones (excluding diaryl/α,β-unsaturated/α-hetero) is 1. The topological polar surface area (TPSA) is 87.0 Å². The van der Waals surface area contributed by atoms with Gasteiger partial charge >= 0.3 is 0 Å². The Morgan fingerprint density at radius 3 is 2.33 bits per heavy atom.